The summed E-state index contributed by atoms with van der Waals surface area (Å²) in [5, 5.41) is 11.2. The van der Waals surface area contributed by atoms with E-state index in [9.17, 15) is 5.11 Å². The van der Waals surface area contributed by atoms with Gasteiger partial charge in [-0.25, -0.2) is 0 Å². The van der Waals surface area contributed by atoms with Crippen LogP contribution < -0.4 is 0 Å². The maximum atomic E-state index is 10.2. The Morgan fingerprint density at radius 1 is 1.39 bits per heavy atom. The Balaban J connectivity index is 1.98. The van der Waals surface area contributed by atoms with Crippen molar-refractivity contribution in [3.63, 3.8) is 0 Å². The van der Waals surface area contributed by atoms with Crippen molar-refractivity contribution in [1.82, 2.24) is 0 Å². The van der Waals surface area contributed by atoms with Crippen molar-refractivity contribution in [3.8, 4) is 0 Å². The average molecular weight is 289 g/mol. The normalized spacial score (nSPS) is 19.3. The topological polar surface area (TPSA) is 29.5 Å². The number of benzene rings is 1. The van der Waals surface area contributed by atoms with Gasteiger partial charge in [-0.3, -0.25) is 0 Å². The van der Waals surface area contributed by atoms with E-state index < -0.39 is 6.10 Å². The SMILES string of the molecule is COC1(CC(O)Cc2cccc(Cl)c2Cl)CCC1. The van der Waals surface area contributed by atoms with E-state index in [0.29, 0.717) is 22.9 Å². The minimum absolute atomic E-state index is 0.121. The summed E-state index contributed by atoms with van der Waals surface area (Å²) in [4.78, 5) is 0. The number of rotatable bonds is 5. The molecule has 1 saturated carbocycles. The molecule has 0 saturated heterocycles. The van der Waals surface area contributed by atoms with Gasteiger partial charge in [-0.2, -0.15) is 0 Å². The first kappa shape index (κ1) is 14.1. The van der Waals surface area contributed by atoms with Gasteiger partial charge in [0.25, 0.3) is 0 Å². The van der Waals surface area contributed by atoms with Gasteiger partial charge in [0, 0.05) is 13.5 Å². The van der Waals surface area contributed by atoms with Crippen molar-refractivity contribution in [3.05, 3.63) is 33.8 Å². The summed E-state index contributed by atoms with van der Waals surface area (Å²) in [5.74, 6) is 0. The summed E-state index contributed by atoms with van der Waals surface area (Å²) in [6, 6.07) is 5.51. The van der Waals surface area contributed by atoms with Crippen LogP contribution in [0.5, 0.6) is 0 Å². The van der Waals surface area contributed by atoms with Crippen LogP contribution in [0.3, 0.4) is 0 Å². The van der Waals surface area contributed by atoms with E-state index in [1.165, 1.54) is 6.42 Å². The molecule has 0 heterocycles. The first-order valence-electron chi connectivity index (χ1n) is 6.22. The Hall–Kier alpha value is -0.280. The minimum atomic E-state index is -0.443. The van der Waals surface area contributed by atoms with Crippen molar-refractivity contribution in [2.24, 2.45) is 0 Å². The van der Waals surface area contributed by atoms with E-state index in [2.05, 4.69) is 0 Å². The van der Waals surface area contributed by atoms with E-state index in [0.717, 1.165) is 18.4 Å². The number of methoxy groups -OCH3 is 1. The van der Waals surface area contributed by atoms with Crippen LogP contribution in [0.25, 0.3) is 0 Å². The molecule has 1 unspecified atom stereocenters. The fraction of sp³-hybridized carbons (Fsp3) is 0.571. The molecule has 0 aliphatic heterocycles. The van der Waals surface area contributed by atoms with Gasteiger partial charge in [0.05, 0.1) is 21.8 Å². The third-order valence-electron chi connectivity index (χ3n) is 3.79. The van der Waals surface area contributed by atoms with Crippen molar-refractivity contribution < 1.29 is 9.84 Å². The lowest BCUT2D eigenvalue weighted by molar-refractivity contribution is -0.0989. The maximum Gasteiger partial charge on any atom is 0.0703 e. The highest BCUT2D eigenvalue weighted by atomic mass is 35.5. The fourth-order valence-electron chi connectivity index (χ4n) is 2.52. The van der Waals surface area contributed by atoms with E-state index in [4.69, 9.17) is 27.9 Å². The Morgan fingerprint density at radius 2 is 2.11 bits per heavy atom. The molecule has 0 spiro atoms. The van der Waals surface area contributed by atoms with Gasteiger partial charge in [-0.05, 0) is 37.3 Å². The molecule has 1 aromatic rings. The van der Waals surface area contributed by atoms with E-state index in [1.54, 1.807) is 13.2 Å². The number of hydrogen-bond donors (Lipinski definition) is 1. The molecule has 0 bridgehead atoms. The molecular formula is C14H18Cl2O2. The minimum Gasteiger partial charge on any atom is -0.393 e. The van der Waals surface area contributed by atoms with Gasteiger partial charge in [0.2, 0.25) is 0 Å². The standard InChI is InChI=1S/C14H18Cl2O2/c1-18-14(6-3-7-14)9-11(17)8-10-4-2-5-12(15)13(10)16/h2,4-5,11,17H,3,6-9H2,1H3. The van der Waals surface area contributed by atoms with Crippen molar-refractivity contribution >= 4 is 23.2 Å². The van der Waals surface area contributed by atoms with Crippen molar-refractivity contribution in [2.45, 2.75) is 43.8 Å². The Kier molecular flexibility index (Phi) is 4.54. The summed E-state index contributed by atoms with van der Waals surface area (Å²) in [5.41, 5.74) is 0.770. The van der Waals surface area contributed by atoms with Gasteiger partial charge >= 0.3 is 0 Å². The summed E-state index contributed by atoms with van der Waals surface area (Å²) in [7, 11) is 1.72. The third kappa shape index (κ3) is 3.00. The number of ether oxygens (including phenoxy) is 1. The maximum absolute atomic E-state index is 10.2. The molecule has 2 nitrogen and oxygen atoms in total. The second kappa shape index (κ2) is 5.79. The highest BCUT2D eigenvalue weighted by Crippen LogP contribution is 2.39. The molecule has 4 heteroatoms. The first-order chi connectivity index (χ1) is 8.56. The summed E-state index contributed by atoms with van der Waals surface area (Å²) in [6.45, 7) is 0. The van der Waals surface area contributed by atoms with Gasteiger partial charge < -0.3 is 9.84 Å². The second-order valence-corrected chi connectivity index (χ2v) is 5.80. The third-order valence-corrected chi connectivity index (χ3v) is 4.65. The molecule has 1 aromatic carbocycles. The highest BCUT2D eigenvalue weighted by Gasteiger charge is 2.38. The molecule has 1 atom stereocenters. The molecule has 2 rings (SSSR count). The van der Waals surface area contributed by atoms with Crippen LogP contribution in [-0.2, 0) is 11.2 Å². The largest absolute Gasteiger partial charge is 0.393 e. The number of halogens is 2. The molecule has 18 heavy (non-hydrogen) atoms. The zero-order valence-electron chi connectivity index (χ0n) is 10.5. The Labute approximate surface area is 118 Å². The van der Waals surface area contributed by atoms with Crippen LogP contribution in [0.1, 0.15) is 31.2 Å². The smallest absolute Gasteiger partial charge is 0.0703 e. The summed E-state index contributed by atoms with van der Waals surface area (Å²) >= 11 is 12.1. The first-order valence-corrected chi connectivity index (χ1v) is 6.98. The highest BCUT2D eigenvalue weighted by molar-refractivity contribution is 6.42. The monoisotopic (exact) mass is 288 g/mol. The van der Waals surface area contributed by atoms with Gasteiger partial charge in [-0.1, -0.05) is 35.3 Å². The predicted molar refractivity (Wildman–Crippen MR) is 74.4 cm³/mol. The second-order valence-electron chi connectivity index (χ2n) is 5.02. The molecule has 1 aliphatic carbocycles. The van der Waals surface area contributed by atoms with E-state index in [1.807, 2.05) is 12.1 Å². The van der Waals surface area contributed by atoms with Gasteiger partial charge in [-0.15, -0.1) is 0 Å². The Bertz CT molecular complexity index is 411. The van der Waals surface area contributed by atoms with Crippen LogP contribution in [0.15, 0.2) is 18.2 Å². The lowest BCUT2D eigenvalue weighted by atomic mass is 9.75. The molecule has 0 aromatic heterocycles. The van der Waals surface area contributed by atoms with Crippen LogP contribution >= 0.6 is 23.2 Å². The van der Waals surface area contributed by atoms with E-state index >= 15 is 0 Å². The van der Waals surface area contributed by atoms with E-state index in [-0.39, 0.29) is 5.60 Å². The summed E-state index contributed by atoms with van der Waals surface area (Å²) < 4.78 is 5.52. The van der Waals surface area contributed by atoms with Crippen LogP contribution in [0.4, 0.5) is 0 Å². The molecule has 0 radical (unpaired) electrons. The molecule has 1 aliphatic rings. The molecular weight excluding hydrogens is 271 g/mol. The molecule has 1 N–H and O–H groups in total. The number of aliphatic hydroxyl groups excluding tert-OH is 1. The van der Waals surface area contributed by atoms with Gasteiger partial charge in [0.15, 0.2) is 0 Å². The molecule has 0 amide bonds. The Morgan fingerprint density at radius 3 is 2.67 bits per heavy atom. The quantitative estimate of drug-likeness (QED) is 0.892. The van der Waals surface area contributed by atoms with Crippen LogP contribution in [0.2, 0.25) is 10.0 Å². The van der Waals surface area contributed by atoms with Crippen LogP contribution in [0, 0.1) is 0 Å². The van der Waals surface area contributed by atoms with Gasteiger partial charge in [0.1, 0.15) is 0 Å². The molecule has 1 fully saturated rings. The molecule has 100 valence electrons. The van der Waals surface area contributed by atoms with Crippen molar-refractivity contribution in [1.29, 1.82) is 0 Å². The lowest BCUT2D eigenvalue weighted by Gasteiger charge is -2.41. The average Bonchev–Trinajstić information content (AvgIpc) is 2.30. The van der Waals surface area contributed by atoms with Crippen molar-refractivity contribution in [2.75, 3.05) is 7.11 Å². The zero-order chi connectivity index (χ0) is 13.2. The zero-order valence-corrected chi connectivity index (χ0v) is 12.0. The lowest BCUT2D eigenvalue weighted by Crippen LogP contribution is -2.42. The predicted octanol–water partition coefficient (Wildman–Crippen LogP) is 3.86. The number of aliphatic hydroxyl groups is 1. The fourth-order valence-corrected chi connectivity index (χ4v) is 2.92. The summed E-state index contributed by atoms with van der Waals surface area (Å²) in [6.07, 6.45) is 3.98. The van der Waals surface area contributed by atoms with Crippen LogP contribution in [-0.4, -0.2) is 23.9 Å². The number of hydrogen-bond acceptors (Lipinski definition) is 2.